The number of fused-ring (bicyclic) bond motifs is 1. The summed E-state index contributed by atoms with van der Waals surface area (Å²) in [5, 5.41) is 21.2. The monoisotopic (exact) mass is 260 g/mol. The lowest BCUT2D eigenvalue weighted by Crippen LogP contribution is -1.99. The van der Waals surface area contributed by atoms with Crippen molar-refractivity contribution in [1.29, 1.82) is 0 Å². The summed E-state index contributed by atoms with van der Waals surface area (Å²) in [7, 11) is 0. The van der Waals surface area contributed by atoms with Gasteiger partial charge in [0.15, 0.2) is 16.8 Å². The average Bonchev–Trinajstić information content (AvgIpc) is 2.88. The Labute approximate surface area is 105 Å². The first-order valence-electron chi connectivity index (χ1n) is 5.19. The maximum Gasteiger partial charge on any atom is 0.201 e. The third-order valence-electron chi connectivity index (χ3n) is 2.61. The summed E-state index contributed by atoms with van der Waals surface area (Å²) in [6.45, 7) is 0. The predicted molar refractivity (Wildman–Crippen MR) is 69.1 cm³/mol. The van der Waals surface area contributed by atoms with E-state index in [1.165, 1.54) is 29.5 Å². The van der Waals surface area contributed by atoms with Gasteiger partial charge in [-0.2, -0.15) is 0 Å². The number of hydrogen-bond acceptors (Lipinski definition) is 5. The maximum atomic E-state index is 11.9. The van der Waals surface area contributed by atoms with E-state index in [9.17, 15) is 15.0 Å². The Bertz CT molecular complexity index is 772. The molecule has 0 bridgehead atoms. The van der Waals surface area contributed by atoms with Crippen LogP contribution in [0.5, 0.6) is 11.5 Å². The lowest BCUT2D eigenvalue weighted by molar-refractivity contribution is 0.400. The zero-order valence-electron chi connectivity index (χ0n) is 9.08. The first kappa shape index (κ1) is 10.9. The van der Waals surface area contributed by atoms with E-state index in [-0.39, 0.29) is 22.1 Å². The molecule has 0 atom stereocenters. The van der Waals surface area contributed by atoms with Crippen molar-refractivity contribution < 1.29 is 14.6 Å². The summed E-state index contributed by atoms with van der Waals surface area (Å²) in [5.74, 6) is -0.347. The summed E-state index contributed by atoms with van der Waals surface area (Å²) in [6, 6.07) is 7.72. The van der Waals surface area contributed by atoms with Crippen molar-refractivity contribution in [3.8, 4) is 22.1 Å². The van der Waals surface area contributed by atoms with Gasteiger partial charge in [-0.1, -0.05) is 6.07 Å². The molecule has 3 rings (SSSR count). The van der Waals surface area contributed by atoms with Gasteiger partial charge in [-0.25, -0.2) is 0 Å². The molecule has 0 aliphatic carbocycles. The topological polar surface area (TPSA) is 70.7 Å². The summed E-state index contributed by atoms with van der Waals surface area (Å²) >= 11 is 1.43. The number of thiophene rings is 1. The van der Waals surface area contributed by atoms with Crippen LogP contribution in [0.3, 0.4) is 0 Å². The number of rotatable bonds is 1. The minimum absolute atomic E-state index is 0.00546. The molecule has 18 heavy (non-hydrogen) atoms. The molecule has 2 aromatic heterocycles. The second-order valence-corrected chi connectivity index (χ2v) is 4.71. The van der Waals surface area contributed by atoms with Crippen LogP contribution in [-0.2, 0) is 0 Å². The van der Waals surface area contributed by atoms with Crippen LogP contribution in [0.25, 0.3) is 21.6 Å². The molecule has 0 fully saturated rings. The highest BCUT2D eigenvalue weighted by Gasteiger charge is 2.13. The van der Waals surface area contributed by atoms with Crippen molar-refractivity contribution in [1.82, 2.24) is 0 Å². The third kappa shape index (κ3) is 1.56. The van der Waals surface area contributed by atoms with Crippen LogP contribution in [0.1, 0.15) is 0 Å². The summed E-state index contributed by atoms with van der Waals surface area (Å²) in [4.78, 5) is 12.7. The van der Waals surface area contributed by atoms with E-state index < -0.39 is 5.75 Å². The van der Waals surface area contributed by atoms with Crippen LogP contribution in [-0.4, -0.2) is 10.2 Å². The molecule has 2 heterocycles. The van der Waals surface area contributed by atoms with Gasteiger partial charge in [-0.15, -0.1) is 11.3 Å². The minimum atomic E-state index is -0.414. The minimum Gasteiger partial charge on any atom is -0.504 e. The average molecular weight is 260 g/mol. The maximum absolute atomic E-state index is 11.9. The van der Waals surface area contributed by atoms with Gasteiger partial charge in [0.2, 0.25) is 5.75 Å². The highest BCUT2D eigenvalue weighted by atomic mass is 32.1. The normalized spacial score (nSPS) is 10.9. The van der Waals surface area contributed by atoms with Crippen molar-refractivity contribution in [2.45, 2.75) is 0 Å². The van der Waals surface area contributed by atoms with Gasteiger partial charge in [0.25, 0.3) is 0 Å². The molecular formula is C13H8O4S. The van der Waals surface area contributed by atoms with E-state index in [2.05, 4.69) is 0 Å². The molecule has 0 saturated heterocycles. The number of phenolic OH excluding ortho intramolecular Hbond substituents is 2. The second-order valence-electron chi connectivity index (χ2n) is 3.76. The van der Waals surface area contributed by atoms with Gasteiger partial charge in [-0.3, -0.25) is 4.79 Å². The van der Waals surface area contributed by atoms with Gasteiger partial charge in [-0.05, 0) is 23.6 Å². The summed E-state index contributed by atoms with van der Waals surface area (Å²) in [5.41, 5.74) is -0.249. The lowest BCUT2D eigenvalue weighted by atomic mass is 10.2. The second kappa shape index (κ2) is 3.89. The van der Waals surface area contributed by atoms with E-state index in [4.69, 9.17) is 4.42 Å². The standard InChI is InChI=1S/C13H8O4S/c14-8-4-3-7-9(15)6-10(11-2-1-5-18-11)17-13(7)12(8)16/h1-6,14,16H. The van der Waals surface area contributed by atoms with Crippen molar-refractivity contribution in [2.24, 2.45) is 0 Å². The highest BCUT2D eigenvalue weighted by Crippen LogP contribution is 2.35. The molecule has 0 radical (unpaired) electrons. The van der Waals surface area contributed by atoms with Crippen LogP contribution in [0.15, 0.2) is 44.9 Å². The summed E-state index contributed by atoms with van der Waals surface area (Å²) < 4.78 is 5.50. The first-order valence-corrected chi connectivity index (χ1v) is 6.07. The Balaban J connectivity index is 2.39. The Hall–Kier alpha value is -2.27. The molecule has 0 aliphatic heterocycles. The highest BCUT2D eigenvalue weighted by molar-refractivity contribution is 7.13. The third-order valence-corrected chi connectivity index (χ3v) is 3.50. The van der Waals surface area contributed by atoms with Gasteiger partial charge in [0.05, 0.1) is 10.3 Å². The molecule has 90 valence electrons. The Morgan fingerprint density at radius 3 is 2.72 bits per heavy atom. The zero-order valence-corrected chi connectivity index (χ0v) is 9.90. The SMILES string of the molecule is O=c1cc(-c2cccs2)oc2c(O)c(O)ccc12. The fourth-order valence-electron chi connectivity index (χ4n) is 1.73. The van der Waals surface area contributed by atoms with Gasteiger partial charge >= 0.3 is 0 Å². The molecule has 5 heteroatoms. The molecule has 0 spiro atoms. The van der Waals surface area contributed by atoms with Crippen molar-refractivity contribution >= 4 is 22.3 Å². The zero-order chi connectivity index (χ0) is 12.7. The van der Waals surface area contributed by atoms with Crippen LogP contribution >= 0.6 is 11.3 Å². The molecule has 0 aliphatic rings. The molecule has 2 N–H and O–H groups in total. The van der Waals surface area contributed by atoms with E-state index >= 15 is 0 Å². The molecular weight excluding hydrogens is 252 g/mol. The van der Waals surface area contributed by atoms with E-state index in [1.807, 2.05) is 17.5 Å². The predicted octanol–water partition coefficient (Wildman–Crippen LogP) is 2.93. The number of phenols is 2. The van der Waals surface area contributed by atoms with E-state index in [0.29, 0.717) is 5.76 Å². The van der Waals surface area contributed by atoms with Crippen molar-refractivity contribution in [2.75, 3.05) is 0 Å². The molecule has 3 aromatic rings. The number of aromatic hydroxyl groups is 2. The quantitative estimate of drug-likeness (QED) is 0.660. The van der Waals surface area contributed by atoms with Gasteiger partial charge in [0.1, 0.15) is 5.76 Å². The Morgan fingerprint density at radius 2 is 2.00 bits per heavy atom. The fourth-order valence-corrected chi connectivity index (χ4v) is 2.41. The van der Waals surface area contributed by atoms with Gasteiger partial charge < -0.3 is 14.6 Å². The van der Waals surface area contributed by atoms with E-state index in [1.54, 1.807) is 0 Å². The van der Waals surface area contributed by atoms with E-state index in [0.717, 1.165) is 4.88 Å². The molecule has 0 unspecified atom stereocenters. The lowest BCUT2D eigenvalue weighted by Gasteiger charge is -2.04. The van der Waals surface area contributed by atoms with Crippen LogP contribution < -0.4 is 5.43 Å². The first-order chi connectivity index (χ1) is 8.66. The largest absolute Gasteiger partial charge is 0.504 e. The Morgan fingerprint density at radius 1 is 1.17 bits per heavy atom. The Kier molecular flexibility index (Phi) is 2.34. The molecule has 0 amide bonds. The fraction of sp³-hybridized carbons (Fsp3) is 0. The molecule has 4 nitrogen and oxygen atoms in total. The van der Waals surface area contributed by atoms with Crippen LogP contribution in [0.4, 0.5) is 0 Å². The van der Waals surface area contributed by atoms with Crippen molar-refractivity contribution in [3.63, 3.8) is 0 Å². The van der Waals surface area contributed by atoms with Gasteiger partial charge in [0, 0.05) is 6.07 Å². The summed E-state index contributed by atoms with van der Waals surface area (Å²) in [6.07, 6.45) is 0. The van der Waals surface area contributed by atoms with Crippen molar-refractivity contribution in [3.05, 3.63) is 45.9 Å². The molecule has 0 saturated carbocycles. The van der Waals surface area contributed by atoms with Crippen LogP contribution in [0.2, 0.25) is 0 Å². The van der Waals surface area contributed by atoms with Crippen LogP contribution in [0, 0.1) is 0 Å². The number of benzene rings is 1. The number of hydrogen-bond donors (Lipinski definition) is 2. The molecule has 1 aromatic carbocycles. The smallest absolute Gasteiger partial charge is 0.201 e.